The van der Waals surface area contributed by atoms with Gasteiger partial charge in [0.05, 0.1) is 17.5 Å². The molecule has 0 saturated carbocycles. The summed E-state index contributed by atoms with van der Waals surface area (Å²) < 4.78 is 1.82. The Hall–Kier alpha value is -1.61. The molecule has 0 saturated heterocycles. The lowest BCUT2D eigenvalue weighted by atomic mass is 10.2. The molecule has 1 aromatic carbocycles. The van der Waals surface area contributed by atoms with Crippen molar-refractivity contribution in [2.24, 2.45) is 0 Å². The molecular weight excluding hydrogens is 188 g/mol. The molecule has 0 aliphatic heterocycles. The standard InChI is InChI=1S/C12H14N2O/c1-10(15)9-11-7-8-14(13-11)12-5-3-2-4-6-12/h2-8,10,15H,9H2,1H3/t10-/m1/s1. The van der Waals surface area contributed by atoms with E-state index in [2.05, 4.69) is 5.10 Å². The molecule has 3 nitrogen and oxygen atoms in total. The fourth-order valence-corrected chi connectivity index (χ4v) is 1.50. The van der Waals surface area contributed by atoms with Crippen molar-refractivity contribution >= 4 is 0 Å². The minimum atomic E-state index is -0.343. The molecule has 0 aliphatic carbocycles. The maximum absolute atomic E-state index is 9.24. The maximum atomic E-state index is 9.24. The normalized spacial score (nSPS) is 12.7. The quantitative estimate of drug-likeness (QED) is 0.824. The highest BCUT2D eigenvalue weighted by molar-refractivity contribution is 5.30. The van der Waals surface area contributed by atoms with E-state index in [9.17, 15) is 5.11 Å². The first-order valence-electron chi connectivity index (χ1n) is 5.04. The van der Waals surface area contributed by atoms with Crippen LogP contribution in [0, 0.1) is 0 Å². The topological polar surface area (TPSA) is 38.0 Å². The summed E-state index contributed by atoms with van der Waals surface area (Å²) in [5.74, 6) is 0. The molecule has 0 fully saturated rings. The second-order valence-electron chi connectivity index (χ2n) is 3.64. The van der Waals surface area contributed by atoms with Gasteiger partial charge in [-0.05, 0) is 25.1 Å². The third-order valence-corrected chi connectivity index (χ3v) is 2.17. The molecule has 0 aliphatic rings. The number of aliphatic hydroxyl groups is 1. The van der Waals surface area contributed by atoms with Crippen LogP contribution in [0.5, 0.6) is 0 Å². The fourth-order valence-electron chi connectivity index (χ4n) is 1.50. The van der Waals surface area contributed by atoms with Crippen LogP contribution in [0.4, 0.5) is 0 Å². The number of benzene rings is 1. The molecular formula is C12H14N2O. The van der Waals surface area contributed by atoms with Crippen molar-refractivity contribution in [3.63, 3.8) is 0 Å². The summed E-state index contributed by atoms with van der Waals surface area (Å²) in [6.45, 7) is 1.77. The Morgan fingerprint density at radius 3 is 2.67 bits per heavy atom. The Morgan fingerprint density at radius 1 is 1.27 bits per heavy atom. The zero-order valence-corrected chi connectivity index (χ0v) is 8.67. The lowest BCUT2D eigenvalue weighted by molar-refractivity contribution is 0.194. The molecule has 1 atom stereocenters. The van der Waals surface area contributed by atoms with Crippen molar-refractivity contribution in [3.05, 3.63) is 48.3 Å². The van der Waals surface area contributed by atoms with Crippen LogP contribution in [0.15, 0.2) is 42.6 Å². The van der Waals surface area contributed by atoms with Crippen LogP contribution in [0.25, 0.3) is 5.69 Å². The van der Waals surface area contributed by atoms with E-state index < -0.39 is 0 Å². The van der Waals surface area contributed by atoms with Crippen LogP contribution in [0.3, 0.4) is 0 Å². The van der Waals surface area contributed by atoms with Gasteiger partial charge in [0.2, 0.25) is 0 Å². The van der Waals surface area contributed by atoms with Gasteiger partial charge in [0.25, 0.3) is 0 Å². The van der Waals surface area contributed by atoms with Crippen molar-refractivity contribution in [3.8, 4) is 5.69 Å². The van der Waals surface area contributed by atoms with Crippen molar-refractivity contribution < 1.29 is 5.11 Å². The molecule has 0 amide bonds. The van der Waals surface area contributed by atoms with E-state index >= 15 is 0 Å². The molecule has 3 heteroatoms. The number of nitrogens with zero attached hydrogens (tertiary/aromatic N) is 2. The van der Waals surface area contributed by atoms with E-state index in [1.165, 1.54) is 0 Å². The molecule has 78 valence electrons. The highest BCUT2D eigenvalue weighted by Crippen LogP contribution is 2.07. The molecule has 15 heavy (non-hydrogen) atoms. The smallest absolute Gasteiger partial charge is 0.0654 e. The average molecular weight is 202 g/mol. The van der Waals surface area contributed by atoms with Gasteiger partial charge in [-0.25, -0.2) is 4.68 Å². The van der Waals surface area contributed by atoms with Crippen LogP contribution in [0.1, 0.15) is 12.6 Å². The third-order valence-electron chi connectivity index (χ3n) is 2.17. The molecule has 1 heterocycles. The first kappa shape index (κ1) is 9.93. The zero-order chi connectivity index (χ0) is 10.7. The largest absolute Gasteiger partial charge is 0.393 e. The third kappa shape index (κ3) is 2.44. The van der Waals surface area contributed by atoms with Crippen molar-refractivity contribution in [1.82, 2.24) is 9.78 Å². The summed E-state index contributed by atoms with van der Waals surface area (Å²) in [7, 11) is 0. The highest BCUT2D eigenvalue weighted by Gasteiger charge is 2.03. The number of hydrogen-bond donors (Lipinski definition) is 1. The molecule has 0 radical (unpaired) electrons. The first-order valence-corrected chi connectivity index (χ1v) is 5.04. The van der Waals surface area contributed by atoms with Crippen molar-refractivity contribution in [2.45, 2.75) is 19.4 Å². The number of aromatic nitrogens is 2. The highest BCUT2D eigenvalue weighted by atomic mass is 16.3. The second-order valence-corrected chi connectivity index (χ2v) is 3.64. The number of para-hydroxylation sites is 1. The fraction of sp³-hybridized carbons (Fsp3) is 0.250. The van der Waals surface area contributed by atoms with E-state index in [0.29, 0.717) is 6.42 Å². The Morgan fingerprint density at radius 2 is 2.00 bits per heavy atom. The van der Waals surface area contributed by atoms with Gasteiger partial charge in [0.15, 0.2) is 0 Å². The van der Waals surface area contributed by atoms with Gasteiger partial charge >= 0.3 is 0 Å². The molecule has 1 N–H and O–H groups in total. The molecule has 0 spiro atoms. The van der Waals surface area contributed by atoms with Crippen LogP contribution in [-0.2, 0) is 6.42 Å². The van der Waals surface area contributed by atoms with Crippen LogP contribution >= 0.6 is 0 Å². The maximum Gasteiger partial charge on any atom is 0.0654 e. The van der Waals surface area contributed by atoms with Crippen molar-refractivity contribution in [2.75, 3.05) is 0 Å². The summed E-state index contributed by atoms with van der Waals surface area (Å²) >= 11 is 0. The van der Waals surface area contributed by atoms with E-state index in [4.69, 9.17) is 0 Å². The predicted molar refractivity (Wildman–Crippen MR) is 58.9 cm³/mol. The van der Waals surface area contributed by atoms with E-state index in [1.807, 2.05) is 47.3 Å². The van der Waals surface area contributed by atoms with Gasteiger partial charge in [0, 0.05) is 12.6 Å². The van der Waals surface area contributed by atoms with Gasteiger partial charge in [-0.2, -0.15) is 5.10 Å². The summed E-state index contributed by atoms with van der Waals surface area (Å²) in [5.41, 5.74) is 1.95. The second kappa shape index (κ2) is 4.28. The molecule has 2 aromatic rings. The van der Waals surface area contributed by atoms with Crippen LogP contribution < -0.4 is 0 Å². The summed E-state index contributed by atoms with van der Waals surface area (Å²) in [5, 5.41) is 13.6. The lowest BCUT2D eigenvalue weighted by Gasteiger charge is -2.01. The summed E-state index contributed by atoms with van der Waals surface area (Å²) in [6, 6.07) is 11.9. The zero-order valence-electron chi connectivity index (χ0n) is 8.67. The van der Waals surface area contributed by atoms with Gasteiger partial charge in [-0.15, -0.1) is 0 Å². The summed E-state index contributed by atoms with van der Waals surface area (Å²) in [6.07, 6.45) is 2.16. The molecule has 0 bridgehead atoms. The van der Waals surface area contributed by atoms with Gasteiger partial charge in [0.1, 0.15) is 0 Å². The number of aliphatic hydroxyl groups excluding tert-OH is 1. The Bertz CT molecular complexity index is 420. The monoisotopic (exact) mass is 202 g/mol. The van der Waals surface area contributed by atoms with Gasteiger partial charge in [-0.1, -0.05) is 18.2 Å². The minimum absolute atomic E-state index is 0.343. The number of hydrogen-bond acceptors (Lipinski definition) is 2. The Balaban J connectivity index is 2.21. The minimum Gasteiger partial charge on any atom is -0.393 e. The Labute approximate surface area is 89.0 Å². The molecule has 1 aromatic heterocycles. The number of rotatable bonds is 3. The van der Waals surface area contributed by atoms with Crippen LogP contribution in [-0.4, -0.2) is 21.0 Å². The average Bonchev–Trinajstić information content (AvgIpc) is 2.67. The van der Waals surface area contributed by atoms with Crippen molar-refractivity contribution in [1.29, 1.82) is 0 Å². The Kier molecular flexibility index (Phi) is 2.83. The molecule has 2 rings (SSSR count). The summed E-state index contributed by atoms with van der Waals surface area (Å²) in [4.78, 5) is 0. The molecule has 0 unspecified atom stereocenters. The lowest BCUT2D eigenvalue weighted by Crippen LogP contribution is -2.05. The van der Waals surface area contributed by atoms with Gasteiger partial charge in [-0.3, -0.25) is 0 Å². The first-order chi connectivity index (χ1) is 7.25. The van der Waals surface area contributed by atoms with Crippen LogP contribution in [0.2, 0.25) is 0 Å². The van der Waals surface area contributed by atoms with Gasteiger partial charge < -0.3 is 5.11 Å². The SMILES string of the molecule is C[C@@H](O)Cc1ccn(-c2ccccc2)n1. The van der Waals surface area contributed by atoms with E-state index in [0.717, 1.165) is 11.4 Å². The van der Waals surface area contributed by atoms with E-state index in [-0.39, 0.29) is 6.10 Å². The van der Waals surface area contributed by atoms with E-state index in [1.54, 1.807) is 6.92 Å². The predicted octanol–water partition coefficient (Wildman–Crippen LogP) is 1.80.